The van der Waals surface area contributed by atoms with Gasteiger partial charge in [0.2, 0.25) is 5.91 Å². The van der Waals surface area contributed by atoms with Gasteiger partial charge in [0.15, 0.2) is 0 Å². The summed E-state index contributed by atoms with van der Waals surface area (Å²) in [5.41, 5.74) is 8.16. The normalized spacial score (nSPS) is 18.2. The van der Waals surface area contributed by atoms with Crippen molar-refractivity contribution in [2.45, 2.75) is 12.5 Å². The highest BCUT2D eigenvalue weighted by Gasteiger charge is 2.33. The molecule has 176 valence electrons. The summed E-state index contributed by atoms with van der Waals surface area (Å²) in [5, 5.41) is 11.0. The molecule has 2 atom stereocenters. The highest BCUT2D eigenvalue weighted by molar-refractivity contribution is 6.03. The monoisotopic (exact) mass is 467 g/mol. The third-order valence-corrected chi connectivity index (χ3v) is 6.07. The van der Waals surface area contributed by atoms with E-state index in [-0.39, 0.29) is 17.9 Å². The summed E-state index contributed by atoms with van der Waals surface area (Å²) in [6, 6.07) is 16.8. The lowest BCUT2D eigenvalue weighted by Crippen LogP contribution is -2.25. The molecular formula is C27H25N5O3. The number of nitrogens with two attached hydrogens (primary N) is 1. The molecule has 0 spiro atoms. The van der Waals surface area contributed by atoms with Crippen LogP contribution in [0.25, 0.3) is 11.3 Å². The average molecular weight is 468 g/mol. The Labute approximate surface area is 202 Å². The van der Waals surface area contributed by atoms with Crippen LogP contribution in [0.5, 0.6) is 11.5 Å². The van der Waals surface area contributed by atoms with Gasteiger partial charge >= 0.3 is 0 Å². The van der Waals surface area contributed by atoms with E-state index >= 15 is 0 Å². The van der Waals surface area contributed by atoms with Crippen molar-refractivity contribution in [3.63, 3.8) is 0 Å². The van der Waals surface area contributed by atoms with Gasteiger partial charge in [-0.05, 0) is 55.0 Å². The fourth-order valence-electron chi connectivity index (χ4n) is 4.44. The molecule has 1 aliphatic heterocycles. The number of carbonyl (C=O) groups excluding carboxylic acids is 2. The first-order valence-electron chi connectivity index (χ1n) is 11.4. The lowest BCUT2D eigenvalue weighted by atomic mass is 9.91. The largest absolute Gasteiger partial charge is 0.457 e. The van der Waals surface area contributed by atoms with Crippen molar-refractivity contribution in [3.8, 4) is 22.8 Å². The molecule has 0 saturated heterocycles. The van der Waals surface area contributed by atoms with Gasteiger partial charge < -0.3 is 21.1 Å². The Balaban J connectivity index is 1.47. The molecular weight excluding hydrogens is 442 g/mol. The minimum absolute atomic E-state index is 0.0731. The van der Waals surface area contributed by atoms with E-state index in [4.69, 9.17) is 15.6 Å². The second kappa shape index (κ2) is 9.34. The van der Waals surface area contributed by atoms with Crippen LogP contribution in [-0.2, 0) is 4.79 Å². The van der Waals surface area contributed by atoms with Crippen molar-refractivity contribution >= 4 is 17.6 Å². The smallest absolute Gasteiger partial charge is 0.254 e. The molecule has 0 bridgehead atoms. The molecule has 2 aromatic carbocycles. The molecule has 8 nitrogen and oxygen atoms in total. The standard InChI is InChI=1S/C27H25N5O3/c1-2-23(33)30-19-10-13-22-18(16-19)14-15-29-27-24(26(28)34)25(31-32(22)27)17-8-11-21(12-9-17)35-20-6-4-3-5-7-20/h2-13,16,18,22,29H,1,14-15H2,(H2,28,34)(H,30,33). The number of para-hydroxylation sites is 1. The summed E-state index contributed by atoms with van der Waals surface area (Å²) in [4.78, 5) is 24.3. The summed E-state index contributed by atoms with van der Waals surface area (Å²) in [6.45, 7) is 4.13. The molecule has 3 aromatic rings. The second-order valence-electron chi connectivity index (χ2n) is 8.36. The molecule has 1 aliphatic carbocycles. The van der Waals surface area contributed by atoms with Gasteiger partial charge in [0.1, 0.15) is 28.6 Å². The van der Waals surface area contributed by atoms with Crippen LogP contribution in [0, 0.1) is 5.92 Å². The molecule has 2 heterocycles. The fraction of sp³-hybridized carbons (Fsp3) is 0.148. The van der Waals surface area contributed by atoms with Gasteiger partial charge in [-0.15, -0.1) is 0 Å². The number of hydrogen-bond donors (Lipinski definition) is 3. The lowest BCUT2D eigenvalue weighted by Gasteiger charge is -2.25. The number of nitrogens with zero attached hydrogens (tertiary/aromatic N) is 2. The Morgan fingerprint density at radius 1 is 1.14 bits per heavy atom. The van der Waals surface area contributed by atoms with E-state index in [1.54, 1.807) is 0 Å². The number of carbonyl (C=O) groups is 2. The first kappa shape index (κ1) is 22.2. The number of nitrogens with one attached hydrogen (secondary N) is 2. The summed E-state index contributed by atoms with van der Waals surface area (Å²) in [7, 11) is 0. The molecule has 2 amide bonds. The van der Waals surface area contributed by atoms with E-state index in [1.165, 1.54) is 6.08 Å². The zero-order chi connectivity index (χ0) is 24.4. The Bertz CT molecular complexity index is 1340. The van der Waals surface area contributed by atoms with Crippen LogP contribution in [0.15, 0.2) is 91.2 Å². The highest BCUT2D eigenvalue weighted by Crippen LogP contribution is 2.39. The topological polar surface area (TPSA) is 111 Å². The molecule has 1 aromatic heterocycles. The van der Waals surface area contributed by atoms with Crippen LogP contribution < -0.4 is 21.1 Å². The van der Waals surface area contributed by atoms with Gasteiger partial charge in [-0.2, -0.15) is 5.10 Å². The second-order valence-corrected chi connectivity index (χ2v) is 8.36. The number of anilines is 1. The number of primary amides is 1. The van der Waals surface area contributed by atoms with Crippen LogP contribution in [0.2, 0.25) is 0 Å². The molecule has 5 rings (SSSR count). The lowest BCUT2D eigenvalue weighted by molar-refractivity contribution is -0.115. The SMILES string of the molecule is C=CC(=O)NC1=CC2CCNc3c(C(N)=O)c(-c4ccc(Oc5ccccc5)cc4)nn3C2C=C1. The molecule has 0 fully saturated rings. The maximum Gasteiger partial charge on any atom is 0.254 e. The Kier molecular flexibility index (Phi) is 5.93. The number of hydrogen-bond acceptors (Lipinski definition) is 5. The third kappa shape index (κ3) is 4.46. The van der Waals surface area contributed by atoms with Gasteiger partial charge in [-0.1, -0.05) is 36.9 Å². The number of aromatic nitrogens is 2. The van der Waals surface area contributed by atoms with E-state index in [1.807, 2.05) is 77.5 Å². The molecule has 2 aliphatic rings. The minimum Gasteiger partial charge on any atom is -0.457 e. The molecule has 0 saturated carbocycles. The van der Waals surface area contributed by atoms with Crippen molar-refractivity contribution in [2.24, 2.45) is 11.7 Å². The van der Waals surface area contributed by atoms with Crippen LogP contribution in [-0.4, -0.2) is 28.1 Å². The Hall–Kier alpha value is -4.59. The fourth-order valence-corrected chi connectivity index (χ4v) is 4.44. The van der Waals surface area contributed by atoms with E-state index in [0.717, 1.165) is 23.4 Å². The van der Waals surface area contributed by atoms with Crippen molar-refractivity contribution < 1.29 is 14.3 Å². The summed E-state index contributed by atoms with van der Waals surface area (Å²) >= 11 is 0. The first-order valence-corrected chi connectivity index (χ1v) is 11.4. The quantitative estimate of drug-likeness (QED) is 0.471. The van der Waals surface area contributed by atoms with Crippen LogP contribution >= 0.6 is 0 Å². The first-order chi connectivity index (χ1) is 17.0. The predicted molar refractivity (Wildman–Crippen MR) is 134 cm³/mol. The van der Waals surface area contributed by atoms with Crippen LogP contribution in [0.1, 0.15) is 22.8 Å². The van der Waals surface area contributed by atoms with Crippen molar-refractivity contribution in [3.05, 3.63) is 96.7 Å². The third-order valence-electron chi connectivity index (χ3n) is 6.07. The molecule has 35 heavy (non-hydrogen) atoms. The van der Waals surface area contributed by atoms with Gasteiger partial charge in [0, 0.05) is 23.7 Å². The maximum atomic E-state index is 12.5. The number of amides is 2. The molecule has 2 unspecified atom stereocenters. The molecule has 4 N–H and O–H groups in total. The number of allylic oxidation sites excluding steroid dienone is 3. The minimum atomic E-state index is -0.550. The maximum absolute atomic E-state index is 12.5. The van der Waals surface area contributed by atoms with E-state index in [0.29, 0.717) is 29.4 Å². The van der Waals surface area contributed by atoms with Crippen molar-refractivity contribution in [1.82, 2.24) is 15.1 Å². The zero-order valence-corrected chi connectivity index (χ0v) is 19.0. The predicted octanol–water partition coefficient (Wildman–Crippen LogP) is 4.17. The van der Waals surface area contributed by atoms with Gasteiger partial charge in [-0.3, -0.25) is 9.59 Å². The molecule has 8 heteroatoms. The number of ether oxygens (including phenoxy) is 1. The van der Waals surface area contributed by atoms with Gasteiger partial charge in [0.05, 0.1) is 6.04 Å². The van der Waals surface area contributed by atoms with E-state index < -0.39 is 5.91 Å². The summed E-state index contributed by atoms with van der Waals surface area (Å²) in [5.74, 6) is 1.27. The number of benzene rings is 2. The van der Waals surface area contributed by atoms with Crippen molar-refractivity contribution in [2.75, 3.05) is 11.9 Å². The Morgan fingerprint density at radius 3 is 2.60 bits per heavy atom. The van der Waals surface area contributed by atoms with Gasteiger partial charge in [0.25, 0.3) is 5.91 Å². The van der Waals surface area contributed by atoms with E-state index in [2.05, 4.69) is 17.2 Å². The highest BCUT2D eigenvalue weighted by atomic mass is 16.5. The summed E-state index contributed by atoms with van der Waals surface area (Å²) < 4.78 is 7.70. The van der Waals surface area contributed by atoms with Crippen LogP contribution in [0.3, 0.4) is 0 Å². The zero-order valence-electron chi connectivity index (χ0n) is 19.0. The number of rotatable bonds is 6. The Morgan fingerprint density at radius 2 is 1.89 bits per heavy atom. The van der Waals surface area contributed by atoms with E-state index in [9.17, 15) is 9.59 Å². The van der Waals surface area contributed by atoms with Crippen LogP contribution in [0.4, 0.5) is 5.82 Å². The summed E-state index contributed by atoms with van der Waals surface area (Å²) in [6.07, 6.45) is 7.88. The van der Waals surface area contributed by atoms with Gasteiger partial charge in [-0.25, -0.2) is 4.68 Å². The molecule has 0 radical (unpaired) electrons. The number of fused-ring (bicyclic) bond motifs is 3. The average Bonchev–Trinajstić information content (AvgIpc) is 3.16. The van der Waals surface area contributed by atoms with Crippen molar-refractivity contribution in [1.29, 1.82) is 0 Å².